The van der Waals surface area contributed by atoms with Gasteiger partial charge in [-0.1, -0.05) is 23.2 Å². The molecule has 0 atom stereocenters. The van der Waals surface area contributed by atoms with Crippen molar-refractivity contribution in [1.29, 1.82) is 10.7 Å². The molecular formula is C13H13Cl2N7. The molecule has 0 bridgehead atoms. The van der Waals surface area contributed by atoms with Crippen LogP contribution in [0.2, 0.25) is 10.3 Å². The van der Waals surface area contributed by atoms with Crippen molar-refractivity contribution in [2.45, 2.75) is 0 Å². The minimum Gasteiger partial charge on any atom is -0.384 e. The number of nitrogens with two attached hydrogens (primary N) is 2. The Morgan fingerprint density at radius 3 is 2.23 bits per heavy atom. The van der Waals surface area contributed by atoms with Gasteiger partial charge in [0.15, 0.2) is 11.3 Å². The molecule has 0 radical (unpaired) electrons. The smallest absolute Gasteiger partial charge is 0.185 e. The molecule has 9 heteroatoms. The average molecular weight is 338 g/mol. The largest absolute Gasteiger partial charge is 0.384 e. The molecule has 0 aliphatic rings. The van der Waals surface area contributed by atoms with Crippen LogP contribution in [0.15, 0.2) is 36.7 Å². The number of aromatic nitrogens is 2. The van der Waals surface area contributed by atoms with Gasteiger partial charge in [0, 0.05) is 12.4 Å². The summed E-state index contributed by atoms with van der Waals surface area (Å²) in [6, 6.07) is 6.72. The maximum atomic E-state index is 8.61. The second kappa shape index (κ2) is 8.79. The number of nitrogens with one attached hydrogen (secondary N) is 1. The predicted molar refractivity (Wildman–Crippen MR) is 86.7 cm³/mol. The molecule has 114 valence electrons. The molecule has 7 nitrogen and oxygen atoms in total. The molecule has 0 unspecified atom stereocenters. The fraction of sp³-hybridized carbons (Fsp3) is 0.0769. The fourth-order valence-corrected chi connectivity index (χ4v) is 1.80. The first kappa shape index (κ1) is 17.7. The van der Waals surface area contributed by atoms with E-state index in [1.165, 1.54) is 4.90 Å². The molecule has 2 rings (SSSR count). The Hall–Kier alpha value is -2.40. The number of rotatable bonds is 3. The summed E-state index contributed by atoms with van der Waals surface area (Å²) < 4.78 is 0. The van der Waals surface area contributed by atoms with Crippen molar-refractivity contribution in [3.8, 4) is 6.19 Å². The molecule has 0 spiro atoms. The summed E-state index contributed by atoms with van der Waals surface area (Å²) in [5, 5.41) is 16.2. The van der Waals surface area contributed by atoms with E-state index in [1.807, 2.05) is 6.19 Å². The molecule has 0 aliphatic heterocycles. The van der Waals surface area contributed by atoms with Crippen molar-refractivity contribution in [1.82, 2.24) is 9.97 Å². The lowest BCUT2D eigenvalue weighted by molar-refractivity contribution is 0.979. The summed E-state index contributed by atoms with van der Waals surface area (Å²) in [4.78, 5) is 8.82. The second-order valence-electron chi connectivity index (χ2n) is 3.78. The lowest BCUT2D eigenvalue weighted by Gasteiger charge is -2.12. The van der Waals surface area contributed by atoms with Gasteiger partial charge in [-0.05, 0) is 24.3 Å². The zero-order valence-corrected chi connectivity index (χ0v) is 12.9. The van der Waals surface area contributed by atoms with E-state index in [2.05, 4.69) is 9.97 Å². The van der Waals surface area contributed by atoms with Crippen LogP contribution < -0.4 is 16.4 Å². The van der Waals surface area contributed by atoms with Crippen LogP contribution in [-0.4, -0.2) is 22.5 Å². The molecule has 0 fully saturated rings. The van der Waals surface area contributed by atoms with Crippen molar-refractivity contribution < 1.29 is 0 Å². The van der Waals surface area contributed by atoms with Gasteiger partial charge in [-0.2, -0.15) is 5.26 Å². The van der Waals surface area contributed by atoms with E-state index >= 15 is 0 Å². The number of amidine groups is 1. The summed E-state index contributed by atoms with van der Waals surface area (Å²) >= 11 is 11.3. The number of nitriles is 1. The van der Waals surface area contributed by atoms with Crippen molar-refractivity contribution in [2.24, 2.45) is 11.5 Å². The third kappa shape index (κ3) is 4.86. The SMILES string of the molecule is N#CN(CN)c1cccnc1Cl.N=C(N)c1cccnc1Cl. The van der Waals surface area contributed by atoms with Crippen LogP contribution in [-0.2, 0) is 0 Å². The maximum Gasteiger partial charge on any atom is 0.185 e. The predicted octanol–water partition coefficient (Wildman–Crippen LogP) is 1.96. The van der Waals surface area contributed by atoms with E-state index in [1.54, 1.807) is 36.7 Å². The summed E-state index contributed by atoms with van der Waals surface area (Å²) in [7, 11) is 0. The van der Waals surface area contributed by atoms with Gasteiger partial charge < -0.3 is 11.5 Å². The van der Waals surface area contributed by atoms with Crippen LogP contribution in [0.1, 0.15) is 5.56 Å². The van der Waals surface area contributed by atoms with Gasteiger partial charge in [-0.25, -0.2) is 9.97 Å². The van der Waals surface area contributed by atoms with Gasteiger partial charge in [0.05, 0.1) is 17.9 Å². The molecular weight excluding hydrogens is 325 g/mol. The van der Waals surface area contributed by atoms with Crippen LogP contribution >= 0.6 is 23.2 Å². The third-order valence-electron chi connectivity index (χ3n) is 2.38. The van der Waals surface area contributed by atoms with Crippen molar-refractivity contribution in [3.05, 3.63) is 52.5 Å². The summed E-state index contributed by atoms with van der Waals surface area (Å²) in [5.74, 6) is -0.0573. The van der Waals surface area contributed by atoms with Crippen molar-refractivity contribution in [2.75, 3.05) is 11.6 Å². The third-order valence-corrected chi connectivity index (χ3v) is 2.98. The molecule has 0 saturated heterocycles. The van der Waals surface area contributed by atoms with Crippen LogP contribution in [0.4, 0.5) is 5.69 Å². The van der Waals surface area contributed by atoms with Gasteiger partial charge in [-0.15, -0.1) is 0 Å². The lowest BCUT2D eigenvalue weighted by atomic mass is 10.3. The summed E-state index contributed by atoms with van der Waals surface area (Å²) in [5.41, 5.74) is 11.5. The first-order valence-electron chi connectivity index (χ1n) is 5.94. The van der Waals surface area contributed by atoms with E-state index in [0.717, 1.165) is 0 Å². The second-order valence-corrected chi connectivity index (χ2v) is 4.50. The van der Waals surface area contributed by atoms with E-state index in [9.17, 15) is 0 Å². The number of halogens is 2. The summed E-state index contributed by atoms with van der Waals surface area (Å²) in [6.45, 7) is 0.0991. The highest BCUT2D eigenvalue weighted by Gasteiger charge is 2.07. The number of hydrogen-bond donors (Lipinski definition) is 3. The molecule has 0 aliphatic carbocycles. The van der Waals surface area contributed by atoms with E-state index in [4.69, 9.17) is 45.3 Å². The first-order valence-corrected chi connectivity index (χ1v) is 6.69. The molecule has 0 amide bonds. The van der Waals surface area contributed by atoms with Crippen LogP contribution in [0.3, 0.4) is 0 Å². The zero-order valence-electron chi connectivity index (χ0n) is 11.4. The van der Waals surface area contributed by atoms with E-state index < -0.39 is 0 Å². The number of nitrogen functional groups attached to an aromatic ring is 1. The van der Waals surface area contributed by atoms with Gasteiger partial charge >= 0.3 is 0 Å². The highest BCUT2D eigenvalue weighted by atomic mass is 35.5. The Labute approximate surface area is 137 Å². The van der Waals surface area contributed by atoms with E-state index in [0.29, 0.717) is 11.3 Å². The monoisotopic (exact) mass is 337 g/mol. The van der Waals surface area contributed by atoms with Crippen LogP contribution in [0, 0.1) is 16.9 Å². The number of hydrogen-bond acceptors (Lipinski definition) is 6. The average Bonchev–Trinajstić information content (AvgIpc) is 2.51. The minimum absolute atomic E-state index is 0.0573. The summed E-state index contributed by atoms with van der Waals surface area (Å²) in [6.07, 6.45) is 5.00. The number of nitrogens with zero attached hydrogens (tertiary/aromatic N) is 4. The maximum absolute atomic E-state index is 8.61. The molecule has 2 heterocycles. The standard InChI is InChI=1S/C7H7ClN4.C6H6ClN3/c8-7-6(2-1-3-11-7)12(4-9)5-10;7-5-4(6(8)9)2-1-3-10-5/h1-3H,4,9H2;1-3H,(H3,8,9). The Morgan fingerprint density at radius 1 is 1.23 bits per heavy atom. The molecule has 5 N–H and O–H groups in total. The normalized spacial score (nSPS) is 9.18. The van der Waals surface area contributed by atoms with Crippen molar-refractivity contribution in [3.63, 3.8) is 0 Å². The minimum atomic E-state index is -0.0573. The van der Waals surface area contributed by atoms with Gasteiger partial charge in [0.1, 0.15) is 11.0 Å². The van der Waals surface area contributed by atoms with Crippen LogP contribution in [0.25, 0.3) is 0 Å². The Balaban J connectivity index is 0.000000224. The van der Waals surface area contributed by atoms with Crippen molar-refractivity contribution >= 4 is 34.7 Å². The fourth-order valence-electron chi connectivity index (χ4n) is 1.36. The van der Waals surface area contributed by atoms with E-state index in [-0.39, 0.29) is 22.8 Å². The Kier molecular flexibility index (Phi) is 7.05. The topological polar surface area (TPSA) is 129 Å². The number of anilines is 1. The first-order chi connectivity index (χ1) is 10.5. The highest BCUT2D eigenvalue weighted by molar-refractivity contribution is 6.32. The lowest BCUT2D eigenvalue weighted by Crippen LogP contribution is -2.24. The highest BCUT2D eigenvalue weighted by Crippen LogP contribution is 2.20. The van der Waals surface area contributed by atoms with Gasteiger partial charge in [0.2, 0.25) is 0 Å². The molecule has 2 aromatic rings. The zero-order chi connectivity index (χ0) is 16.5. The van der Waals surface area contributed by atoms with Crippen LogP contribution in [0.5, 0.6) is 0 Å². The van der Waals surface area contributed by atoms with Gasteiger partial charge in [0.25, 0.3) is 0 Å². The number of pyridine rings is 2. The molecule has 0 saturated carbocycles. The molecule has 2 aromatic heterocycles. The van der Waals surface area contributed by atoms with Gasteiger partial charge in [-0.3, -0.25) is 10.3 Å². The quantitative estimate of drug-likeness (QED) is 0.196. The Morgan fingerprint density at radius 2 is 1.82 bits per heavy atom. The molecule has 0 aromatic carbocycles. The molecule has 22 heavy (non-hydrogen) atoms. The Bertz CT molecular complexity index is 684.